The number of unbranched alkanes of at least 4 members (excludes halogenated alkanes) is 4. The van der Waals surface area contributed by atoms with Gasteiger partial charge in [-0.1, -0.05) is 75.8 Å². The van der Waals surface area contributed by atoms with Crippen LogP contribution in [0.2, 0.25) is 0 Å². The predicted octanol–water partition coefficient (Wildman–Crippen LogP) is 6.21. The standard InChI is InChI=1S/C39H44O8/c1-4-5-6-7-8-9-34-26-32(11-10-31-12-17-35(18-13-31)44-22-24-46-38(42)29(2)27-40)14-21-37(34)33-15-19-36(20-16-33)45-23-25-47-39(43)30(3)28-41/h12-21,26,40-41H,2-9,22-25,27-28H2,1H3. The average Bonchev–Trinajstić information content (AvgIpc) is 3.10. The van der Waals surface area contributed by atoms with Crippen LogP contribution in [-0.2, 0) is 25.5 Å². The summed E-state index contributed by atoms with van der Waals surface area (Å²) in [6.07, 6.45) is 6.91. The molecule has 0 fully saturated rings. The number of benzene rings is 3. The van der Waals surface area contributed by atoms with Crippen LogP contribution in [0.1, 0.15) is 55.7 Å². The fourth-order valence-electron chi connectivity index (χ4n) is 4.51. The summed E-state index contributed by atoms with van der Waals surface area (Å²) in [5.41, 5.74) is 5.26. The fourth-order valence-corrected chi connectivity index (χ4v) is 4.51. The Balaban J connectivity index is 1.63. The van der Waals surface area contributed by atoms with Gasteiger partial charge in [0.1, 0.15) is 37.9 Å². The van der Waals surface area contributed by atoms with Gasteiger partial charge in [0, 0.05) is 11.1 Å². The molecular formula is C39H44O8. The lowest BCUT2D eigenvalue weighted by Crippen LogP contribution is -2.14. The highest BCUT2D eigenvalue weighted by atomic mass is 16.6. The molecule has 8 heteroatoms. The van der Waals surface area contributed by atoms with Crippen LogP contribution in [0.4, 0.5) is 0 Å². The van der Waals surface area contributed by atoms with Gasteiger partial charge in [0.15, 0.2) is 0 Å². The van der Waals surface area contributed by atoms with E-state index in [9.17, 15) is 9.59 Å². The first-order valence-corrected chi connectivity index (χ1v) is 15.9. The van der Waals surface area contributed by atoms with E-state index >= 15 is 0 Å². The molecular weight excluding hydrogens is 596 g/mol. The van der Waals surface area contributed by atoms with Crippen LogP contribution in [0.25, 0.3) is 11.1 Å². The Morgan fingerprint density at radius 2 is 1.17 bits per heavy atom. The van der Waals surface area contributed by atoms with Crippen LogP contribution in [0.15, 0.2) is 91.0 Å². The molecule has 2 N–H and O–H groups in total. The average molecular weight is 641 g/mol. The summed E-state index contributed by atoms with van der Waals surface area (Å²) >= 11 is 0. The number of rotatable bonds is 19. The Bertz CT molecular complexity index is 1530. The first kappa shape index (κ1) is 36.6. The smallest absolute Gasteiger partial charge is 0.335 e. The lowest BCUT2D eigenvalue weighted by atomic mass is 9.93. The fraction of sp³-hybridized carbons (Fsp3) is 0.333. The molecule has 3 aromatic carbocycles. The van der Waals surface area contributed by atoms with Crippen LogP contribution < -0.4 is 9.47 Å². The van der Waals surface area contributed by atoms with Gasteiger partial charge in [0.05, 0.1) is 24.4 Å². The predicted molar refractivity (Wildman–Crippen MR) is 182 cm³/mol. The van der Waals surface area contributed by atoms with Crippen LogP contribution >= 0.6 is 0 Å². The Morgan fingerprint density at radius 3 is 1.72 bits per heavy atom. The molecule has 0 unspecified atom stereocenters. The van der Waals surface area contributed by atoms with Crippen molar-refractivity contribution in [2.75, 3.05) is 39.6 Å². The monoisotopic (exact) mass is 640 g/mol. The summed E-state index contributed by atoms with van der Waals surface area (Å²) in [6, 6.07) is 21.6. The number of carbonyl (C=O) groups is 2. The van der Waals surface area contributed by atoms with Gasteiger partial charge in [0.25, 0.3) is 0 Å². The summed E-state index contributed by atoms with van der Waals surface area (Å²) in [6.45, 7) is 8.70. The number of esters is 2. The van der Waals surface area contributed by atoms with E-state index in [4.69, 9.17) is 29.2 Å². The van der Waals surface area contributed by atoms with E-state index in [0.29, 0.717) is 11.5 Å². The van der Waals surface area contributed by atoms with Gasteiger partial charge in [-0.25, -0.2) is 9.59 Å². The second-order valence-corrected chi connectivity index (χ2v) is 10.8. The van der Waals surface area contributed by atoms with Crippen molar-refractivity contribution < 1.29 is 38.7 Å². The maximum absolute atomic E-state index is 11.6. The minimum absolute atomic E-state index is 0.00388. The minimum Gasteiger partial charge on any atom is -0.490 e. The Kier molecular flexibility index (Phi) is 15.8. The first-order valence-electron chi connectivity index (χ1n) is 15.9. The summed E-state index contributed by atoms with van der Waals surface area (Å²) in [5, 5.41) is 17.9. The maximum Gasteiger partial charge on any atom is 0.335 e. The topological polar surface area (TPSA) is 112 Å². The largest absolute Gasteiger partial charge is 0.490 e. The molecule has 0 aromatic heterocycles. The van der Waals surface area contributed by atoms with Gasteiger partial charge in [-0.05, 0) is 78.1 Å². The van der Waals surface area contributed by atoms with Gasteiger partial charge < -0.3 is 29.2 Å². The Labute approximate surface area is 277 Å². The molecule has 0 aliphatic carbocycles. The molecule has 248 valence electrons. The molecule has 0 bridgehead atoms. The highest BCUT2D eigenvalue weighted by Crippen LogP contribution is 2.28. The highest BCUT2D eigenvalue weighted by Gasteiger charge is 2.10. The maximum atomic E-state index is 11.6. The van der Waals surface area contributed by atoms with Crippen molar-refractivity contribution in [3.63, 3.8) is 0 Å². The zero-order chi connectivity index (χ0) is 33.9. The van der Waals surface area contributed by atoms with Crippen molar-refractivity contribution in [1.82, 2.24) is 0 Å². The van der Waals surface area contributed by atoms with Gasteiger partial charge in [-0.2, -0.15) is 0 Å². The number of hydrogen-bond acceptors (Lipinski definition) is 8. The molecule has 0 saturated carbocycles. The van der Waals surface area contributed by atoms with Gasteiger partial charge in [-0.3, -0.25) is 0 Å². The summed E-state index contributed by atoms with van der Waals surface area (Å²) in [4.78, 5) is 23.1. The minimum atomic E-state index is -0.640. The molecule has 3 aromatic rings. The zero-order valence-electron chi connectivity index (χ0n) is 27.1. The van der Waals surface area contributed by atoms with E-state index in [2.05, 4.69) is 44.1 Å². The molecule has 3 rings (SSSR count). The van der Waals surface area contributed by atoms with E-state index in [1.54, 1.807) is 0 Å². The number of hydrogen-bond donors (Lipinski definition) is 2. The van der Waals surface area contributed by atoms with E-state index in [1.807, 2.05) is 54.6 Å². The molecule has 0 heterocycles. The number of aliphatic hydroxyl groups excluding tert-OH is 2. The van der Waals surface area contributed by atoms with Gasteiger partial charge >= 0.3 is 11.9 Å². The van der Waals surface area contributed by atoms with E-state index < -0.39 is 25.2 Å². The molecule has 0 amide bonds. The second kappa shape index (κ2) is 20.3. The van der Waals surface area contributed by atoms with Crippen molar-refractivity contribution in [2.24, 2.45) is 0 Å². The third-order valence-electron chi connectivity index (χ3n) is 7.16. The van der Waals surface area contributed by atoms with E-state index in [1.165, 1.54) is 31.2 Å². The van der Waals surface area contributed by atoms with Gasteiger partial charge in [0.2, 0.25) is 0 Å². The van der Waals surface area contributed by atoms with Crippen LogP contribution in [0.3, 0.4) is 0 Å². The Hall–Kier alpha value is -4.84. The summed E-state index contributed by atoms with van der Waals surface area (Å²) in [7, 11) is 0. The quantitative estimate of drug-likeness (QED) is 0.0689. The first-order chi connectivity index (χ1) is 22.8. The van der Waals surface area contributed by atoms with Crippen molar-refractivity contribution in [2.45, 2.75) is 45.4 Å². The molecule has 0 saturated heterocycles. The lowest BCUT2D eigenvalue weighted by Gasteiger charge is -2.12. The molecule has 0 aliphatic rings. The molecule has 0 atom stereocenters. The number of aliphatic hydroxyl groups is 2. The van der Waals surface area contributed by atoms with Crippen molar-refractivity contribution >= 4 is 11.9 Å². The molecule has 0 aliphatic heterocycles. The lowest BCUT2D eigenvalue weighted by molar-refractivity contribution is -0.141. The van der Waals surface area contributed by atoms with Crippen molar-refractivity contribution in [1.29, 1.82) is 0 Å². The summed E-state index contributed by atoms with van der Waals surface area (Å²) < 4.78 is 21.3. The number of aryl methyl sites for hydroxylation is 1. The van der Waals surface area contributed by atoms with Crippen molar-refractivity contribution in [3.05, 3.63) is 108 Å². The number of carbonyl (C=O) groups excluding carboxylic acids is 2. The Morgan fingerprint density at radius 1 is 0.660 bits per heavy atom. The van der Waals surface area contributed by atoms with E-state index in [-0.39, 0.29) is 37.6 Å². The van der Waals surface area contributed by atoms with E-state index in [0.717, 1.165) is 35.1 Å². The second-order valence-electron chi connectivity index (χ2n) is 10.8. The molecule has 0 radical (unpaired) electrons. The molecule has 47 heavy (non-hydrogen) atoms. The SMILES string of the molecule is C=C(CO)C(=O)OCCOc1ccc(C#Cc2ccc(-c3ccc(OCCOC(=O)C(=C)CO)cc3)c(CCCCCCC)c2)cc1. The summed E-state index contributed by atoms with van der Waals surface area (Å²) in [5.74, 6) is 6.55. The highest BCUT2D eigenvalue weighted by molar-refractivity contribution is 5.88. The van der Waals surface area contributed by atoms with Gasteiger partial charge in [-0.15, -0.1) is 0 Å². The third kappa shape index (κ3) is 12.8. The zero-order valence-corrected chi connectivity index (χ0v) is 27.1. The van der Waals surface area contributed by atoms with Crippen molar-refractivity contribution in [3.8, 4) is 34.5 Å². The van der Waals surface area contributed by atoms with Crippen LogP contribution in [0.5, 0.6) is 11.5 Å². The third-order valence-corrected chi connectivity index (χ3v) is 7.16. The van der Waals surface area contributed by atoms with Crippen LogP contribution in [-0.4, -0.2) is 61.8 Å². The normalized spacial score (nSPS) is 10.4. The molecule has 0 spiro atoms. The molecule has 8 nitrogen and oxygen atoms in total. The number of ether oxygens (including phenoxy) is 4. The van der Waals surface area contributed by atoms with Crippen LogP contribution in [0, 0.1) is 11.8 Å².